The van der Waals surface area contributed by atoms with E-state index >= 15 is 0 Å². The molecule has 0 saturated heterocycles. The Morgan fingerprint density at radius 3 is 2.58 bits per heavy atom. The third-order valence-electron chi connectivity index (χ3n) is 4.18. The molecule has 0 aliphatic carbocycles. The first-order valence-corrected chi connectivity index (χ1v) is 10.8. The van der Waals surface area contributed by atoms with E-state index in [0.717, 1.165) is 40.9 Å². The lowest BCUT2D eigenvalue weighted by atomic mass is 10.2. The third-order valence-corrected chi connectivity index (χ3v) is 5.00. The monoisotopic (exact) mass is 553 g/mol. The molecule has 9 heteroatoms. The lowest BCUT2D eigenvalue weighted by molar-refractivity contribution is 0.339. The number of halogens is 1. The molecule has 1 aromatic carbocycles. The second kappa shape index (κ2) is 13.1. The molecule has 0 amide bonds. The molecule has 0 aliphatic heterocycles. The smallest absolute Gasteiger partial charge is 0.219 e. The van der Waals surface area contributed by atoms with Gasteiger partial charge < -0.3 is 20.1 Å². The van der Waals surface area contributed by atoms with Crippen LogP contribution < -0.4 is 20.1 Å². The summed E-state index contributed by atoms with van der Waals surface area (Å²) in [5.74, 6) is 2.82. The second-order valence-electron chi connectivity index (χ2n) is 6.47. The predicted octanol–water partition coefficient (Wildman–Crippen LogP) is 4.56. The van der Waals surface area contributed by atoms with Gasteiger partial charge in [-0.3, -0.25) is 4.99 Å². The van der Waals surface area contributed by atoms with Crippen LogP contribution in [-0.2, 0) is 13.0 Å². The van der Waals surface area contributed by atoms with Crippen molar-refractivity contribution in [2.24, 2.45) is 4.99 Å². The Bertz CT molecular complexity index is 963. The molecule has 2 N–H and O–H groups in total. The summed E-state index contributed by atoms with van der Waals surface area (Å²) in [6.07, 6.45) is 2.60. The van der Waals surface area contributed by atoms with Gasteiger partial charge in [0.15, 0.2) is 5.96 Å². The largest absolute Gasteiger partial charge is 0.494 e. The van der Waals surface area contributed by atoms with Gasteiger partial charge in [0.25, 0.3) is 0 Å². The number of aromatic nitrogens is 2. The molecule has 166 valence electrons. The van der Waals surface area contributed by atoms with Gasteiger partial charge in [-0.15, -0.1) is 35.3 Å². The van der Waals surface area contributed by atoms with E-state index < -0.39 is 0 Å². The Hall–Kier alpha value is -2.40. The number of ether oxygens (including phenoxy) is 2. The minimum atomic E-state index is 0. The first-order chi connectivity index (χ1) is 14.7. The molecule has 31 heavy (non-hydrogen) atoms. The minimum absolute atomic E-state index is 0. The molecule has 0 atom stereocenters. The van der Waals surface area contributed by atoms with Crippen molar-refractivity contribution in [1.29, 1.82) is 0 Å². The fourth-order valence-corrected chi connectivity index (χ4v) is 3.39. The van der Waals surface area contributed by atoms with E-state index in [9.17, 15) is 0 Å². The zero-order valence-electron chi connectivity index (χ0n) is 17.9. The highest BCUT2D eigenvalue weighted by molar-refractivity contribution is 14.0. The Balaban J connectivity index is 0.00000341. The van der Waals surface area contributed by atoms with Crippen molar-refractivity contribution < 1.29 is 9.47 Å². The maximum Gasteiger partial charge on any atom is 0.219 e. The van der Waals surface area contributed by atoms with Gasteiger partial charge in [0, 0.05) is 44.2 Å². The maximum atomic E-state index is 5.85. The van der Waals surface area contributed by atoms with Crippen molar-refractivity contribution in [3.63, 3.8) is 0 Å². The van der Waals surface area contributed by atoms with E-state index in [1.54, 1.807) is 24.6 Å². The van der Waals surface area contributed by atoms with Gasteiger partial charge in [0.1, 0.15) is 11.5 Å². The number of nitrogens with zero attached hydrogens (tertiary/aromatic N) is 3. The summed E-state index contributed by atoms with van der Waals surface area (Å²) in [6.45, 7) is 5.99. The fourth-order valence-electron chi connectivity index (χ4n) is 2.75. The highest BCUT2D eigenvalue weighted by Gasteiger charge is 2.04. The zero-order chi connectivity index (χ0) is 21.2. The van der Waals surface area contributed by atoms with E-state index in [0.29, 0.717) is 24.8 Å². The fraction of sp³-hybridized carbons (Fsp3) is 0.318. The molecular formula is C22H28IN5O2S. The van der Waals surface area contributed by atoms with Gasteiger partial charge in [-0.05, 0) is 49.7 Å². The normalized spacial score (nSPS) is 10.9. The van der Waals surface area contributed by atoms with Crippen LogP contribution in [0.1, 0.15) is 23.2 Å². The van der Waals surface area contributed by atoms with E-state index in [2.05, 4.69) is 31.0 Å². The first kappa shape index (κ1) is 24.9. The van der Waals surface area contributed by atoms with E-state index in [1.807, 2.05) is 50.2 Å². The molecule has 7 nitrogen and oxygen atoms in total. The van der Waals surface area contributed by atoms with Crippen LogP contribution in [-0.4, -0.2) is 36.1 Å². The van der Waals surface area contributed by atoms with Crippen LogP contribution in [0.2, 0.25) is 0 Å². The Morgan fingerprint density at radius 2 is 1.90 bits per heavy atom. The molecule has 0 bridgehead atoms. The Morgan fingerprint density at radius 1 is 1.13 bits per heavy atom. The van der Waals surface area contributed by atoms with Crippen molar-refractivity contribution >= 4 is 41.3 Å². The molecule has 0 unspecified atom stereocenters. The van der Waals surface area contributed by atoms with Gasteiger partial charge in [-0.25, -0.2) is 9.97 Å². The maximum absolute atomic E-state index is 5.85. The second-order valence-corrected chi connectivity index (χ2v) is 7.53. The van der Waals surface area contributed by atoms with Gasteiger partial charge >= 0.3 is 0 Å². The summed E-state index contributed by atoms with van der Waals surface area (Å²) >= 11 is 1.67. The minimum Gasteiger partial charge on any atom is -0.494 e. The van der Waals surface area contributed by atoms with Gasteiger partial charge in [-0.2, -0.15) is 0 Å². The Labute approximate surface area is 204 Å². The number of nitrogens with one attached hydrogen (secondary N) is 2. The van der Waals surface area contributed by atoms with Crippen LogP contribution in [0.4, 0.5) is 0 Å². The average molecular weight is 553 g/mol. The number of aryl methyl sites for hydroxylation is 1. The topological polar surface area (TPSA) is 80.7 Å². The lowest BCUT2D eigenvalue weighted by Crippen LogP contribution is -2.37. The molecule has 3 aromatic rings. The number of hydrogen-bond acceptors (Lipinski definition) is 6. The van der Waals surface area contributed by atoms with Crippen molar-refractivity contribution in [3.05, 3.63) is 64.2 Å². The van der Waals surface area contributed by atoms with Crippen LogP contribution in [0.15, 0.2) is 53.0 Å². The molecular weight excluding hydrogens is 525 g/mol. The molecule has 0 radical (unpaired) electrons. The first-order valence-electron chi connectivity index (χ1n) is 9.87. The van der Waals surface area contributed by atoms with Crippen molar-refractivity contribution in [2.75, 3.05) is 20.2 Å². The average Bonchev–Trinajstić information content (AvgIpc) is 3.17. The van der Waals surface area contributed by atoms with E-state index in [1.165, 1.54) is 0 Å². The van der Waals surface area contributed by atoms with Crippen LogP contribution in [0.3, 0.4) is 0 Å². The number of thiazole rings is 1. The highest BCUT2D eigenvalue weighted by Crippen LogP contribution is 2.23. The number of benzene rings is 1. The van der Waals surface area contributed by atoms with Crippen molar-refractivity contribution in [3.8, 4) is 17.4 Å². The van der Waals surface area contributed by atoms with Crippen molar-refractivity contribution in [1.82, 2.24) is 20.6 Å². The number of pyridine rings is 1. The van der Waals surface area contributed by atoms with Gasteiger partial charge in [-0.1, -0.05) is 0 Å². The van der Waals surface area contributed by atoms with Gasteiger partial charge in [0.05, 0.1) is 17.3 Å². The molecule has 2 heterocycles. The van der Waals surface area contributed by atoms with Crippen LogP contribution in [0.25, 0.3) is 0 Å². The summed E-state index contributed by atoms with van der Waals surface area (Å²) in [6, 6.07) is 11.4. The summed E-state index contributed by atoms with van der Waals surface area (Å²) in [7, 11) is 1.76. The van der Waals surface area contributed by atoms with E-state index in [-0.39, 0.29) is 24.0 Å². The molecule has 2 aromatic heterocycles. The number of aliphatic imine (C=N–C) groups is 1. The number of guanidine groups is 1. The summed E-state index contributed by atoms with van der Waals surface area (Å²) in [5, 5.41) is 9.81. The highest BCUT2D eigenvalue weighted by atomic mass is 127. The quantitative estimate of drug-likeness (QED) is 0.230. The molecule has 0 fully saturated rings. The lowest BCUT2D eigenvalue weighted by Gasteiger charge is -2.12. The van der Waals surface area contributed by atoms with Crippen LogP contribution in [0.5, 0.6) is 17.4 Å². The zero-order valence-corrected chi connectivity index (χ0v) is 21.1. The van der Waals surface area contributed by atoms with Crippen LogP contribution >= 0.6 is 35.3 Å². The van der Waals surface area contributed by atoms with E-state index in [4.69, 9.17) is 9.47 Å². The Kier molecular flexibility index (Phi) is 10.5. The van der Waals surface area contributed by atoms with Crippen LogP contribution in [0, 0.1) is 6.92 Å². The summed E-state index contributed by atoms with van der Waals surface area (Å²) in [4.78, 5) is 13.0. The summed E-state index contributed by atoms with van der Waals surface area (Å²) < 4.78 is 11.3. The molecule has 0 aliphatic rings. The molecule has 0 saturated carbocycles. The molecule has 3 rings (SSSR count). The number of rotatable bonds is 9. The SMILES string of the molecule is CCOc1ccc(Oc2cc(CNC(=NC)NCCc3csc(C)n3)ccn2)cc1.I. The third kappa shape index (κ3) is 8.33. The van der Waals surface area contributed by atoms with Crippen molar-refractivity contribution in [2.45, 2.75) is 26.8 Å². The number of hydrogen-bond donors (Lipinski definition) is 2. The summed E-state index contributed by atoms with van der Waals surface area (Å²) in [5.41, 5.74) is 2.15. The van der Waals surface area contributed by atoms with Gasteiger partial charge in [0.2, 0.25) is 5.88 Å². The standard InChI is InChI=1S/C22H27N5O2S.HI/c1-4-28-19-5-7-20(8-6-19)29-21-13-17(9-11-24-21)14-26-22(23-3)25-12-10-18-15-30-16(2)27-18;/h5-9,11,13,15H,4,10,12,14H2,1-3H3,(H2,23,25,26);1H. The molecule has 0 spiro atoms. The predicted molar refractivity (Wildman–Crippen MR) is 136 cm³/mol.